The number of rotatable bonds is 6. The Morgan fingerprint density at radius 3 is 2.42 bits per heavy atom. The van der Waals surface area contributed by atoms with Gasteiger partial charge in [0.2, 0.25) is 5.95 Å². The van der Waals surface area contributed by atoms with E-state index in [-0.39, 0.29) is 5.78 Å². The molecule has 0 aliphatic carbocycles. The molecule has 0 saturated carbocycles. The summed E-state index contributed by atoms with van der Waals surface area (Å²) in [6.07, 6.45) is 1.78. The van der Waals surface area contributed by atoms with Crippen molar-refractivity contribution >= 4 is 34.6 Å². The minimum Gasteiger partial charge on any atom is -0.369 e. The highest BCUT2D eigenvalue weighted by Crippen LogP contribution is 2.24. The number of nitrogens with one attached hydrogen (secondary N) is 2. The average molecular weight is 417 g/mol. The summed E-state index contributed by atoms with van der Waals surface area (Å²) in [7, 11) is 2.16. The molecule has 2 heterocycles. The molecule has 3 aromatic rings. The molecule has 0 radical (unpaired) electrons. The van der Waals surface area contributed by atoms with E-state index in [0.29, 0.717) is 17.3 Å². The molecule has 0 unspecified atom stereocenters. The van der Waals surface area contributed by atoms with Crippen LogP contribution in [0.15, 0.2) is 54.7 Å². The van der Waals surface area contributed by atoms with Crippen molar-refractivity contribution in [1.82, 2.24) is 14.9 Å². The van der Waals surface area contributed by atoms with Crippen LogP contribution in [-0.2, 0) is 0 Å². The summed E-state index contributed by atoms with van der Waals surface area (Å²) in [5, 5.41) is 6.58. The topological polar surface area (TPSA) is 73.4 Å². The molecular weight excluding hydrogens is 388 g/mol. The first kappa shape index (κ1) is 20.8. The highest BCUT2D eigenvalue weighted by Gasteiger charge is 2.14. The molecule has 1 fully saturated rings. The van der Waals surface area contributed by atoms with Gasteiger partial charge in [-0.2, -0.15) is 4.98 Å². The van der Waals surface area contributed by atoms with Gasteiger partial charge >= 0.3 is 0 Å². The van der Waals surface area contributed by atoms with Crippen molar-refractivity contribution in [2.24, 2.45) is 0 Å². The van der Waals surface area contributed by atoms with E-state index in [1.54, 1.807) is 19.2 Å². The molecule has 2 N–H and O–H groups in total. The average Bonchev–Trinajstić information content (AvgIpc) is 2.77. The fourth-order valence-corrected chi connectivity index (χ4v) is 3.53. The Hall–Kier alpha value is -3.45. The van der Waals surface area contributed by atoms with E-state index in [2.05, 4.69) is 61.7 Å². The third kappa shape index (κ3) is 5.19. The van der Waals surface area contributed by atoms with Gasteiger partial charge in [-0.25, -0.2) is 4.98 Å². The second-order valence-corrected chi connectivity index (χ2v) is 7.95. The molecule has 160 valence electrons. The smallest absolute Gasteiger partial charge is 0.229 e. The van der Waals surface area contributed by atoms with Gasteiger partial charge < -0.3 is 20.4 Å². The lowest BCUT2D eigenvalue weighted by Gasteiger charge is -2.34. The molecular formula is C24H28N6O. The molecule has 1 aliphatic rings. The number of hydrogen-bond donors (Lipinski definition) is 2. The lowest BCUT2D eigenvalue weighted by Crippen LogP contribution is -2.44. The fraction of sp³-hybridized carbons (Fsp3) is 0.292. The predicted octanol–water partition coefficient (Wildman–Crippen LogP) is 4.23. The van der Waals surface area contributed by atoms with Crippen LogP contribution >= 0.6 is 0 Å². The van der Waals surface area contributed by atoms with Crippen LogP contribution in [0.25, 0.3) is 0 Å². The zero-order chi connectivity index (χ0) is 21.8. The molecule has 7 nitrogen and oxygen atoms in total. The minimum absolute atomic E-state index is 0.0328. The Kier molecular flexibility index (Phi) is 6.13. The number of carbonyl (C=O) groups is 1. The quantitative estimate of drug-likeness (QED) is 0.583. The van der Waals surface area contributed by atoms with Crippen molar-refractivity contribution in [1.29, 1.82) is 0 Å². The lowest BCUT2D eigenvalue weighted by atomic mass is 10.1. The van der Waals surface area contributed by atoms with Crippen molar-refractivity contribution in [3.63, 3.8) is 0 Å². The standard InChI is InChI=1S/C24H28N6O/c1-17-16-25-24(28-23(17)26-21-6-4-5-19(15-21)18(2)31)27-20-7-9-22(10-8-20)30-13-11-29(3)12-14-30/h4-10,15-16H,11-14H2,1-3H3,(H2,25,26,27,28). The Morgan fingerprint density at radius 2 is 1.71 bits per heavy atom. The number of piperazine rings is 1. The Morgan fingerprint density at radius 1 is 0.968 bits per heavy atom. The Balaban J connectivity index is 1.46. The molecule has 2 aromatic carbocycles. The minimum atomic E-state index is 0.0328. The SMILES string of the molecule is CC(=O)c1cccc(Nc2nc(Nc3ccc(N4CCN(C)CC4)cc3)ncc2C)c1. The normalized spacial score (nSPS) is 14.4. The van der Waals surface area contributed by atoms with E-state index in [1.807, 2.05) is 25.1 Å². The molecule has 7 heteroatoms. The molecule has 31 heavy (non-hydrogen) atoms. The molecule has 1 aliphatic heterocycles. The number of anilines is 5. The largest absolute Gasteiger partial charge is 0.369 e. The summed E-state index contributed by atoms with van der Waals surface area (Å²) in [6, 6.07) is 15.8. The van der Waals surface area contributed by atoms with Crippen LogP contribution in [0, 0.1) is 6.92 Å². The number of benzene rings is 2. The molecule has 0 amide bonds. The van der Waals surface area contributed by atoms with Crippen LogP contribution < -0.4 is 15.5 Å². The first-order chi connectivity index (χ1) is 15.0. The number of hydrogen-bond acceptors (Lipinski definition) is 7. The van der Waals surface area contributed by atoms with Crippen LogP contribution in [0.4, 0.5) is 28.8 Å². The van der Waals surface area contributed by atoms with Crippen LogP contribution in [0.2, 0.25) is 0 Å². The monoisotopic (exact) mass is 416 g/mol. The van der Waals surface area contributed by atoms with E-state index in [4.69, 9.17) is 0 Å². The summed E-state index contributed by atoms with van der Waals surface area (Å²) in [6.45, 7) is 7.77. The highest BCUT2D eigenvalue weighted by atomic mass is 16.1. The number of Topliss-reactive ketones (excluding diaryl/α,β-unsaturated/α-hetero) is 1. The molecule has 0 spiro atoms. The van der Waals surface area contributed by atoms with Gasteiger partial charge in [0, 0.05) is 60.6 Å². The molecule has 1 saturated heterocycles. The van der Waals surface area contributed by atoms with Gasteiger partial charge in [-0.3, -0.25) is 4.79 Å². The number of likely N-dealkylation sites (N-methyl/N-ethyl adjacent to an activating group) is 1. The predicted molar refractivity (Wildman–Crippen MR) is 126 cm³/mol. The zero-order valence-electron chi connectivity index (χ0n) is 18.2. The van der Waals surface area contributed by atoms with Crippen molar-refractivity contribution in [3.05, 3.63) is 65.9 Å². The lowest BCUT2D eigenvalue weighted by molar-refractivity contribution is 0.101. The van der Waals surface area contributed by atoms with Gasteiger partial charge in [0.15, 0.2) is 5.78 Å². The number of ketones is 1. The maximum Gasteiger partial charge on any atom is 0.229 e. The van der Waals surface area contributed by atoms with E-state index >= 15 is 0 Å². The number of aromatic nitrogens is 2. The Bertz CT molecular complexity index is 1060. The van der Waals surface area contributed by atoms with E-state index in [0.717, 1.165) is 43.1 Å². The summed E-state index contributed by atoms with van der Waals surface area (Å²) in [5.74, 6) is 1.25. The molecule has 1 aromatic heterocycles. The van der Waals surface area contributed by atoms with Crippen LogP contribution in [0.1, 0.15) is 22.8 Å². The molecule has 4 rings (SSSR count). The molecule has 0 atom stereocenters. The summed E-state index contributed by atoms with van der Waals surface area (Å²) in [4.78, 5) is 25.4. The maximum absolute atomic E-state index is 11.6. The van der Waals surface area contributed by atoms with Gasteiger partial charge in [0.1, 0.15) is 5.82 Å². The fourth-order valence-electron chi connectivity index (χ4n) is 3.53. The second-order valence-electron chi connectivity index (χ2n) is 7.95. The van der Waals surface area contributed by atoms with Gasteiger partial charge in [0.05, 0.1) is 0 Å². The van der Waals surface area contributed by atoms with Crippen molar-refractivity contribution in [2.45, 2.75) is 13.8 Å². The first-order valence-corrected chi connectivity index (χ1v) is 10.5. The van der Waals surface area contributed by atoms with Crippen LogP contribution in [0.3, 0.4) is 0 Å². The number of carbonyl (C=O) groups excluding carboxylic acids is 1. The molecule has 0 bridgehead atoms. The zero-order valence-corrected chi connectivity index (χ0v) is 18.2. The highest BCUT2D eigenvalue weighted by molar-refractivity contribution is 5.95. The van der Waals surface area contributed by atoms with Crippen molar-refractivity contribution in [2.75, 3.05) is 48.8 Å². The first-order valence-electron chi connectivity index (χ1n) is 10.5. The summed E-state index contributed by atoms with van der Waals surface area (Å²) >= 11 is 0. The van der Waals surface area contributed by atoms with E-state index < -0.39 is 0 Å². The van der Waals surface area contributed by atoms with Gasteiger partial charge in [-0.05, 0) is 57.3 Å². The number of nitrogens with zero attached hydrogens (tertiary/aromatic N) is 4. The third-order valence-corrected chi connectivity index (χ3v) is 5.50. The van der Waals surface area contributed by atoms with Gasteiger partial charge in [-0.15, -0.1) is 0 Å². The van der Waals surface area contributed by atoms with Crippen LogP contribution in [0.5, 0.6) is 0 Å². The van der Waals surface area contributed by atoms with Crippen LogP contribution in [-0.4, -0.2) is 53.9 Å². The third-order valence-electron chi connectivity index (χ3n) is 5.50. The summed E-state index contributed by atoms with van der Waals surface area (Å²) in [5.41, 5.74) is 4.57. The van der Waals surface area contributed by atoms with Crippen molar-refractivity contribution in [3.8, 4) is 0 Å². The van der Waals surface area contributed by atoms with E-state index in [9.17, 15) is 4.79 Å². The van der Waals surface area contributed by atoms with Gasteiger partial charge in [0.25, 0.3) is 0 Å². The Labute approximate surface area is 183 Å². The van der Waals surface area contributed by atoms with E-state index in [1.165, 1.54) is 5.69 Å². The van der Waals surface area contributed by atoms with Crippen molar-refractivity contribution < 1.29 is 4.79 Å². The number of aryl methyl sites for hydroxylation is 1. The van der Waals surface area contributed by atoms with Gasteiger partial charge in [-0.1, -0.05) is 12.1 Å². The second kappa shape index (κ2) is 9.14. The maximum atomic E-state index is 11.6. The summed E-state index contributed by atoms with van der Waals surface area (Å²) < 4.78 is 0.